The van der Waals surface area contributed by atoms with Crippen LogP contribution >= 0.6 is 0 Å². The summed E-state index contributed by atoms with van der Waals surface area (Å²) in [6.45, 7) is 1.62. The molecule has 0 spiro atoms. The lowest BCUT2D eigenvalue weighted by molar-refractivity contribution is -0.192. The summed E-state index contributed by atoms with van der Waals surface area (Å²) in [6, 6.07) is 6.52. The molecule has 2 aromatic rings. The lowest BCUT2D eigenvalue weighted by Gasteiger charge is -1.99. The molecule has 3 rings (SSSR count). The van der Waals surface area contributed by atoms with Gasteiger partial charge in [0.2, 0.25) is 0 Å². The average molecular weight is 317 g/mol. The van der Waals surface area contributed by atoms with Gasteiger partial charge in [0.1, 0.15) is 5.82 Å². The monoisotopic (exact) mass is 317 g/mol. The van der Waals surface area contributed by atoms with Crippen LogP contribution in [-0.4, -0.2) is 27.4 Å². The molecule has 0 radical (unpaired) electrons. The minimum absolute atomic E-state index is 0.227. The molecule has 5 nitrogen and oxygen atoms in total. The van der Waals surface area contributed by atoms with Crippen molar-refractivity contribution in [1.29, 1.82) is 0 Å². The number of aromatic amines is 1. The first-order chi connectivity index (χ1) is 10.3. The number of hydrogen-bond donors (Lipinski definition) is 3. The summed E-state index contributed by atoms with van der Waals surface area (Å²) < 4.78 is 44.8. The molecule has 1 aliphatic rings. The highest BCUT2D eigenvalue weighted by Crippen LogP contribution is 2.26. The standard InChI is InChI=1S/C11H10FN3.C2HF3O2/c12-8-3-1-2-7(4-8)11-9-5-13-6-10(9)14-15-11;3-2(4,5)1(6)7/h1-4,13H,5-6H2,(H,14,15);(H,6,7). The highest BCUT2D eigenvalue weighted by atomic mass is 19.4. The molecule has 1 aromatic carbocycles. The Labute approximate surface area is 122 Å². The molecule has 9 heteroatoms. The second-order valence-electron chi connectivity index (χ2n) is 4.45. The number of nitrogens with one attached hydrogen (secondary N) is 2. The molecule has 1 aromatic heterocycles. The van der Waals surface area contributed by atoms with Crippen molar-refractivity contribution in [1.82, 2.24) is 15.5 Å². The Morgan fingerprint density at radius 2 is 1.95 bits per heavy atom. The second-order valence-corrected chi connectivity index (χ2v) is 4.45. The van der Waals surface area contributed by atoms with E-state index in [9.17, 15) is 17.6 Å². The minimum atomic E-state index is -5.08. The largest absolute Gasteiger partial charge is 0.490 e. The number of benzene rings is 1. The van der Waals surface area contributed by atoms with Gasteiger partial charge in [0.25, 0.3) is 0 Å². The molecular formula is C13H11F4N3O2. The van der Waals surface area contributed by atoms with Crippen LogP contribution in [-0.2, 0) is 17.9 Å². The van der Waals surface area contributed by atoms with Gasteiger partial charge in [-0.3, -0.25) is 5.10 Å². The number of nitrogens with zero attached hydrogens (tertiary/aromatic N) is 1. The Kier molecular flexibility index (Phi) is 4.45. The Morgan fingerprint density at radius 1 is 1.27 bits per heavy atom. The van der Waals surface area contributed by atoms with Gasteiger partial charge in [0, 0.05) is 24.2 Å². The first-order valence-electron chi connectivity index (χ1n) is 6.12. The highest BCUT2D eigenvalue weighted by Gasteiger charge is 2.38. The lowest BCUT2D eigenvalue weighted by Crippen LogP contribution is -2.21. The van der Waals surface area contributed by atoms with Crippen LogP contribution in [0.1, 0.15) is 11.3 Å². The van der Waals surface area contributed by atoms with Crippen molar-refractivity contribution < 1.29 is 27.5 Å². The van der Waals surface area contributed by atoms with Crippen LogP contribution in [0.2, 0.25) is 0 Å². The van der Waals surface area contributed by atoms with Gasteiger partial charge in [0.05, 0.1) is 11.4 Å². The van der Waals surface area contributed by atoms with Crippen molar-refractivity contribution in [2.24, 2.45) is 0 Å². The number of carbonyl (C=O) groups is 1. The summed E-state index contributed by atoms with van der Waals surface area (Å²) in [7, 11) is 0. The molecule has 0 saturated carbocycles. The number of H-pyrrole nitrogens is 1. The highest BCUT2D eigenvalue weighted by molar-refractivity contribution is 5.73. The third-order valence-corrected chi connectivity index (χ3v) is 2.90. The van der Waals surface area contributed by atoms with E-state index in [1.165, 1.54) is 12.1 Å². The van der Waals surface area contributed by atoms with Crippen LogP contribution < -0.4 is 5.32 Å². The third-order valence-electron chi connectivity index (χ3n) is 2.90. The quantitative estimate of drug-likeness (QED) is 0.706. The van der Waals surface area contributed by atoms with E-state index < -0.39 is 12.1 Å². The van der Waals surface area contributed by atoms with E-state index in [2.05, 4.69) is 15.5 Å². The zero-order chi connectivity index (χ0) is 16.3. The number of hydrogen-bond acceptors (Lipinski definition) is 3. The average Bonchev–Trinajstić information content (AvgIpc) is 3.00. The van der Waals surface area contributed by atoms with Crippen LogP contribution in [0, 0.1) is 5.82 Å². The van der Waals surface area contributed by atoms with E-state index in [0.29, 0.717) is 0 Å². The molecule has 3 N–H and O–H groups in total. The van der Waals surface area contributed by atoms with Crippen LogP contribution in [0.25, 0.3) is 11.3 Å². The summed E-state index contributed by atoms with van der Waals surface area (Å²) in [5, 5.41) is 17.5. The molecule has 0 fully saturated rings. The molecular weight excluding hydrogens is 306 g/mol. The molecule has 0 saturated heterocycles. The molecule has 1 aliphatic heterocycles. The topological polar surface area (TPSA) is 78.0 Å². The van der Waals surface area contributed by atoms with Crippen molar-refractivity contribution >= 4 is 5.97 Å². The van der Waals surface area contributed by atoms with Crippen molar-refractivity contribution in [2.45, 2.75) is 19.3 Å². The normalized spacial score (nSPS) is 13.3. The van der Waals surface area contributed by atoms with Crippen molar-refractivity contribution in [3.8, 4) is 11.3 Å². The first-order valence-corrected chi connectivity index (χ1v) is 6.12. The summed E-state index contributed by atoms with van der Waals surface area (Å²) in [5.74, 6) is -2.98. The molecule has 0 amide bonds. The maximum Gasteiger partial charge on any atom is 0.490 e. The van der Waals surface area contributed by atoms with Crippen LogP contribution in [0.4, 0.5) is 17.6 Å². The predicted molar refractivity (Wildman–Crippen MR) is 68.2 cm³/mol. The van der Waals surface area contributed by atoms with Gasteiger partial charge >= 0.3 is 12.1 Å². The number of halogens is 4. The van der Waals surface area contributed by atoms with Gasteiger partial charge in [0.15, 0.2) is 0 Å². The van der Waals surface area contributed by atoms with Gasteiger partial charge in [-0.15, -0.1) is 0 Å². The Balaban J connectivity index is 0.000000217. The molecule has 118 valence electrons. The Morgan fingerprint density at radius 3 is 2.55 bits per heavy atom. The van der Waals surface area contributed by atoms with Crippen LogP contribution in [0.3, 0.4) is 0 Å². The van der Waals surface area contributed by atoms with E-state index >= 15 is 0 Å². The first kappa shape index (κ1) is 16.0. The molecule has 0 bridgehead atoms. The number of carboxylic acid groups (broad SMARTS) is 1. The Hall–Kier alpha value is -2.42. The van der Waals surface area contributed by atoms with Gasteiger partial charge < -0.3 is 10.4 Å². The summed E-state index contributed by atoms with van der Waals surface area (Å²) >= 11 is 0. The summed E-state index contributed by atoms with van der Waals surface area (Å²) in [5.41, 5.74) is 3.94. The number of carboxylic acids is 1. The van der Waals surface area contributed by atoms with Gasteiger partial charge in [-0.25, -0.2) is 9.18 Å². The number of rotatable bonds is 1. The maximum absolute atomic E-state index is 13.1. The molecule has 2 heterocycles. The van der Waals surface area contributed by atoms with Crippen molar-refractivity contribution in [3.63, 3.8) is 0 Å². The predicted octanol–water partition coefficient (Wildman–Crippen LogP) is 2.45. The van der Waals surface area contributed by atoms with E-state index in [1.807, 2.05) is 6.07 Å². The third kappa shape index (κ3) is 3.61. The van der Waals surface area contributed by atoms with Crippen molar-refractivity contribution in [2.75, 3.05) is 0 Å². The van der Waals surface area contributed by atoms with E-state index in [0.717, 1.165) is 35.6 Å². The Bertz CT molecular complexity index is 682. The van der Waals surface area contributed by atoms with Crippen LogP contribution in [0.15, 0.2) is 24.3 Å². The lowest BCUT2D eigenvalue weighted by atomic mass is 10.1. The number of aliphatic carboxylic acids is 1. The SMILES string of the molecule is Fc1cccc(-c2n[nH]c3c2CNC3)c1.O=C(O)C(F)(F)F. The van der Waals surface area contributed by atoms with E-state index in [4.69, 9.17) is 9.90 Å². The zero-order valence-electron chi connectivity index (χ0n) is 11.0. The minimum Gasteiger partial charge on any atom is -0.475 e. The number of aromatic nitrogens is 2. The molecule has 0 unspecified atom stereocenters. The van der Waals surface area contributed by atoms with E-state index in [-0.39, 0.29) is 5.82 Å². The van der Waals surface area contributed by atoms with Gasteiger partial charge in [-0.2, -0.15) is 18.3 Å². The molecule has 22 heavy (non-hydrogen) atoms. The van der Waals surface area contributed by atoms with E-state index in [1.54, 1.807) is 6.07 Å². The molecule has 0 atom stereocenters. The zero-order valence-corrected chi connectivity index (χ0v) is 11.0. The fraction of sp³-hybridized carbons (Fsp3) is 0.231. The molecule has 0 aliphatic carbocycles. The van der Waals surface area contributed by atoms with Gasteiger partial charge in [-0.1, -0.05) is 12.1 Å². The number of alkyl halides is 3. The summed E-state index contributed by atoms with van der Waals surface area (Å²) in [6.07, 6.45) is -5.08. The second kappa shape index (κ2) is 6.14. The maximum atomic E-state index is 13.1. The fourth-order valence-electron chi connectivity index (χ4n) is 1.92. The number of fused-ring (bicyclic) bond motifs is 1. The smallest absolute Gasteiger partial charge is 0.475 e. The summed E-state index contributed by atoms with van der Waals surface area (Å²) in [4.78, 5) is 8.90. The fourth-order valence-corrected chi connectivity index (χ4v) is 1.92. The van der Waals surface area contributed by atoms with Gasteiger partial charge in [-0.05, 0) is 12.1 Å². The van der Waals surface area contributed by atoms with Crippen molar-refractivity contribution in [3.05, 3.63) is 41.3 Å². The van der Waals surface area contributed by atoms with Crippen LogP contribution in [0.5, 0.6) is 0 Å².